The highest BCUT2D eigenvalue weighted by atomic mass is 35.5. The van der Waals surface area contributed by atoms with Crippen molar-refractivity contribution in [2.45, 2.75) is 20.4 Å². The van der Waals surface area contributed by atoms with Crippen molar-refractivity contribution in [3.8, 4) is 0 Å². The number of fused-ring (bicyclic) bond motifs is 1. The van der Waals surface area contributed by atoms with Gasteiger partial charge < -0.3 is 14.4 Å². The molecule has 0 bridgehead atoms. The number of morpholine rings is 1. The van der Waals surface area contributed by atoms with Crippen molar-refractivity contribution in [3.05, 3.63) is 46.4 Å². The largest absolute Gasteiger partial charge is 0.461 e. The fourth-order valence-electron chi connectivity index (χ4n) is 3.31. The molecule has 148 valence electrons. The molecule has 0 saturated carbocycles. The quantitative estimate of drug-likeness (QED) is 0.609. The monoisotopic (exact) mass is 403 g/mol. The summed E-state index contributed by atoms with van der Waals surface area (Å²) in [6.45, 7) is 7.45. The highest BCUT2D eigenvalue weighted by Gasteiger charge is 2.18. The van der Waals surface area contributed by atoms with Gasteiger partial charge in [-0.15, -0.1) is 5.10 Å². The van der Waals surface area contributed by atoms with Gasteiger partial charge >= 0.3 is 5.97 Å². The summed E-state index contributed by atoms with van der Waals surface area (Å²) in [4.78, 5) is 14.2. The Balaban J connectivity index is 1.66. The molecule has 0 unspecified atom stereocenters. The Morgan fingerprint density at radius 1 is 1.21 bits per heavy atom. The Kier molecular flexibility index (Phi) is 5.23. The Morgan fingerprint density at radius 3 is 2.75 bits per heavy atom. The predicted molar refractivity (Wildman–Crippen MR) is 105 cm³/mol. The predicted octanol–water partition coefficient (Wildman–Crippen LogP) is 2.55. The van der Waals surface area contributed by atoms with Gasteiger partial charge in [0.25, 0.3) is 0 Å². The van der Waals surface area contributed by atoms with Gasteiger partial charge in [-0.2, -0.15) is 5.10 Å². The molecule has 0 aliphatic carbocycles. The van der Waals surface area contributed by atoms with Gasteiger partial charge in [-0.25, -0.2) is 9.31 Å². The summed E-state index contributed by atoms with van der Waals surface area (Å²) in [7, 11) is 0. The molecule has 3 aromatic heterocycles. The van der Waals surface area contributed by atoms with Crippen molar-refractivity contribution < 1.29 is 14.3 Å². The highest BCUT2D eigenvalue weighted by molar-refractivity contribution is 6.31. The number of anilines is 1. The number of hydrogen-bond acceptors (Lipinski definition) is 6. The number of aromatic nitrogens is 4. The van der Waals surface area contributed by atoms with E-state index >= 15 is 0 Å². The summed E-state index contributed by atoms with van der Waals surface area (Å²) in [5, 5.41) is 9.79. The number of esters is 1. The van der Waals surface area contributed by atoms with Crippen molar-refractivity contribution in [1.29, 1.82) is 0 Å². The molecule has 0 N–H and O–H groups in total. The van der Waals surface area contributed by atoms with Crippen LogP contribution in [0.15, 0.2) is 24.3 Å². The minimum absolute atomic E-state index is 0.298. The summed E-state index contributed by atoms with van der Waals surface area (Å²) >= 11 is 6.34. The zero-order valence-corrected chi connectivity index (χ0v) is 16.6. The molecule has 3 aromatic rings. The minimum Gasteiger partial charge on any atom is -0.461 e. The molecule has 28 heavy (non-hydrogen) atoms. The summed E-state index contributed by atoms with van der Waals surface area (Å²) < 4.78 is 14.1. The number of aryl methyl sites for hydroxylation is 1. The van der Waals surface area contributed by atoms with Crippen LogP contribution < -0.4 is 4.90 Å². The van der Waals surface area contributed by atoms with Crippen LogP contribution >= 0.6 is 11.6 Å². The molecule has 0 spiro atoms. The normalized spacial score (nSPS) is 14.6. The Morgan fingerprint density at radius 2 is 2.00 bits per heavy atom. The van der Waals surface area contributed by atoms with Gasteiger partial charge in [-0.05, 0) is 32.0 Å². The molecule has 1 saturated heterocycles. The van der Waals surface area contributed by atoms with Crippen LogP contribution in [0.1, 0.15) is 28.8 Å². The molecular weight excluding hydrogens is 382 g/mol. The summed E-state index contributed by atoms with van der Waals surface area (Å²) in [5.74, 6) is 0.477. The maximum Gasteiger partial charge on any atom is 0.358 e. The molecule has 0 aromatic carbocycles. The average Bonchev–Trinajstić information content (AvgIpc) is 3.27. The molecule has 9 heteroatoms. The molecule has 0 amide bonds. The van der Waals surface area contributed by atoms with Crippen LogP contribution in [-0.4, -0.2) is 58.3 Å². The third-order valence-corrected chi connectivity index (χ3v) is 4.92. The van der Waals surface area contributed by atoms with Gasteiger partial charge in [-0.3, -0.25) is 4.68 Å². The van der Waals surface area contributed by atoms with E-state index in [1.165, 1.54) is 0 Å². The number of halogens is 1. The van der Waals surface area contributed by atoms with Crippen molar-refractivity contribution in [1.82, 2.24) is 19.4 Å². The van der Waals surface area contributed by atoms with Crippen molar-refractivity contribution in [2.24, 2.45) is 0 Å². The van der Waals surface area contributed by atoms with Crippen LogP contribution in [0.25, 0.3) is 5.52 Å². The van der Waals surface area contributed by atoms with E-state index in [4.69, 9.17) is 26.2 Å². The summed E-state index contributed by atoms with van der Waals surface area (Å²) in [5.41, 5.74) is 2.95. The lowest BCUT2D eigenvalue weighted by Gasteiger charge is -2.26. The number of hydrogen-bond donors (Lipinski definition) is 0. The molecule has 0 radical (unpaired) electrons. The van der Waals surface area contributed by atoms with E-state index in [0.29, 0.717) is 37.1 Å². The van der Waals surface area contributed by atoms with Gasteiger partial charge in [0.2, 0.25) is 0 Å². The van der Waals surface area contributed by atoms with Crippen LogP contribution in [0.3, 0.4) is 0 Å². The van der Waals surface area contributed by atoms with Gasteiger partial charge in [0.1, 0.15) is 0 Å². The van der Waals surface area contributed by atoms with Crippen LogP contribution in [0.5, 0.6) is 0 Å². The maximum atomic E-state index is 12.0. The fraction of sp³-hybridized carbons (Fsp3) is 0.421. The third kappa shape index (κ3) is 3.70. The summed E-state index contributed by atoms with van der Waals surface area (Å²) in [6, 6.07) is 7.51. The van der Waals surface area contributed by atoms with E-state index in [-0.39, 0.29) is 0 Å². The second-order valence-electron chi connectivity index (χ2n) is 6.65. The Bertz CT molecular complexity index is 1010. The zero-order chi connectivity index (χ0) is 19.7. The van der Waals surface area contributed by atoms with E-state index in [9.17, 15) is 4.79 Å². The SMILES string of the molecule is CCOC(=O)c1cc(C)n(Cc2cc(Cl)cc3cc(N4CCOCC4)nn23)n1. The lowest BCUT2D eigenvalue weighted by atomic mass is 10.3. The van der Waals surface area contributed by atoms with Crippen molar-refractivity contribution in [2.75, 3.05) is 37.8 Å². The Hall–Kier alpha value is -2.58. The lowest BCUT2D eigenvalue weighted by Crippen LogP contribution is -2.36. The van der Waals surface area contributed by atoms with Gasteiger partial charge in [0.15, 0.2) is 11.5 Å². The minimum atomic E-state index is -0.422. The Labute approximate surface area is 167 Å². The summed E-state index contributed by atoms with van der Waals surface area (Å²) in [6.07, 6.45) is 0. The number of carbonyl (C=O) groups is 1. The van der Waals surface area contributed by atoms with Crippen LogP contribution in [0.4, 0.5) is 5.82 Å². The maximum absolute atomic E-state index is 12.0. The first-order valence-corrected chi connectivity index (χ1v) is 9.65. The third-order valence-electron chi connectivity index (χ3n) is 4.70. The molecule has 0 atom stereocenters. The number of ether oxygens (including phenoxy) is 2. The first kappa shape index (κ1) is 18.8. The molecule has 4 rings (SSSR count). The van der Waals surface area contributed by atoms with Crippen LogP contribution in [0.2, 0.25) is 5.02 Å². The van der Waals surface area contributed by atoms with Gasteiger partial charge in [-0.1, -0.05) is 11.6 Å². The number of nitrogens with zero attached hydrogens (tertiary/aromatic N) is 5. The molecule has 1 aliphatic heterocycles. The van der Waals surface area contributed by atoms with Crippen LogP contribution in [0, 0.1) is 6.92 Å². The number of pyridine rings is 1. The second-order valence-corrected chi connectivity index (χ2v) is 7.09. The molecule has 1 fully saturated rings. The number of rotatable bonds is 5. The standard InChI is InChI=1S/C19H22ClN5O3/c1-3-28-19(26)17-8-13(2)24(21-17)12-16-10-14(20)9-15-11-18(22-25(15)16)23-4-6-27-7-5-23/h8-11H,3-7,12H2,1-2H3. The number of carbonyl (C=O) groups excluding carboxylic acids is 1. The van der Waals surface area contributed by atoms with Gasteiger partial charge in [0.05, 0.1) is 37.6 Å². The molecule has 1 aliphatic rings. The average molecular weight is 404 g/mol. The van der Waals surface area contributed by atoms with Crippen molar-refractivity contribution in [3.63, 3.8) is 0 Å². The fourth-order valence-corrected chi connectivity index (χ4v) is 3.54. The second kappa shape index (κ2) is 7.81. The first-order valence-electron chi connectivity index (χ1n) is 9.27. The lowest BCUT2D eigenvalue weighted by molar-refractivity contribution is 0.0518. The van der Waals surface area contributed by atoms with Crippen LogP contribution in [-0.2, 0) is 16.0 Å². The topological polar surface area (TPSA) is 73.9 Å². The molecule has 8 nitrogen and oxygen atoms in total. The molecular formula is C19H22ClN5O3. The van der Waals surface area contributed by atoms with E-state index in [0.717, 1.165) is 35.8 Å². The zero-order valence-electron chi connectivity index (χ0n) is 15.9. The van der Waals surface area contributed by atoms with Gasteiger partial charge in [0, 0.05) is 29.9 Å². The van der Waals surface area contributed by atoms with E-state index in [2.05, 4.69) is 10.00 Å². The van der Waals surface area contributed by atoms with E-state index < -0.39 is 5.97 Å². The van der Waals surface area contributed by atoms with E-state index in [1.807, 2.05) is 29.6 Å². The van der Waals surface area contributed by atoms with Crippen molar-refractivity contribution >= 4 is 28.9 Å². The highest BCUT2D eigenvalue weighted by Crippen LogP contribution is 2.23. The molecule has 4 heterocycles. The smallest absolute Gasteiger partial charge is 0.358 e. The van der Waals surface area contributed by atoms with E-state index in [1.54, 1.807) is 17.7 Å². The first-order chi connectivity index (χ1) is 13.5.